The Morgan fingerprint density at radius 2 is 1.83 bits per heavy atom. The first-order chi connectivity index (χ1) is 16.9. The number of methoxy groups -OCH3 is 1. The Bertz CT molecular complexity index is 1420. The second-order valence-corrected chi connectivity index (χ2v) is 8.62. The fourth-order valence-corrected chi connectivity index (χ4v) is 3.96. The van der Waals surface area contributed by atoms with Gasteiger partial charge in [0.2, 0.25) is 0 Å². The van der Waals surface area contributed by atoms with Gasteiger partial charge in [0.1, 0.15) is 22.6 Å². The van der Waals surface area contributed by atoms with Crippen LogP contribution in [0.1, 0.15) is 27.0 Å². The summed E-state index contributed by atoms with van der Waals surface area (Å²) in [7, 11) is -0.940. The first-order valence-electron chi connectivity index (χ1n) is 9.80. The molecule has 0 saturated carbocycles. The van der Waals surface area contributed by atoms with Crippen molar-refractivity contribution in [3.05, 3.63) is 75.6 Å². The molecule has 0 spiro atoms. The largest absolute Gasteiger partial charge is 0.493 e. The van der Waals surface area contributed by atoms with Gasteiger partial charge in [-0.25, -0.2) is 13.7 Å². The zero-order valence-corrected chi connectivity index (χ0v) is 20.1. The third-order valence-electron chi connectivity index (χ3n) is 4.91. The number of amides is 1. The topological polar surface area (TPSA) is 114 Å². The highest BCUT2D eigenvalue weighted by Crippen LogP contribution is 2.43. The maximum Gasteiger partial charge on any atom is 0.417 e. The number of anilines is 1. The van der Waals surface area contributed by atoms with Gasteiger partial charge in [0.05, 0.1) is 39.8 Å². The molecule has 7 nitrogen and oxygen atoms in total. The molecule has 188 valence electrons. The minimum absolute atomic E-state index is 0.0233. The van der Waals surface area contributed by atoms with Crippen LogP contribution in [0.5, 0.6) is 17.2 Å². The molecule has 0 aliphatic rings. The Kier molecular flexibility index (Phi) is 7.88. The molecular formula is C23H16ClF4N3O4S. The predicted molar refractivity (Wildman–Crippen MR) is 124 cm³/mol. The van der Waals surface area contributed by atoms with E-state index in [1.807, 2.05) is 6.07 Å². The summed E-state index contributed by atoms with van der Waals surface area (Å²) in [5, 5.41) is 16.0. The number of hydrogen-bond donors (Lipinski definition) is 2. The Balaban J connectivity index is 2.15. The van der Waals surface area contributed by atoms with Crippen LogP contribution in [0, 0.1) is 24.1 Å². The number of benzene rings is 3. The SMILES string of the molecule is COc1cc(C#N)ccc1Oc1cc(C(F)(F)F)c(Cl)c(C)c1C(=O)Nc1ccc(F)c([S@@](N)=O)c1. The van der Waals surface area contributed by atoms with E-state index in [4.69, 9.17) is 31.5 Å². The second-order valence-electron chi connectivity index (χ2n) is 7.21. The summed E-state index contributed by atoms with van der Waals surface area (Å²) in [5.74, 6) is -2.40. The van der Waals surface area contributed by atoms with Gasteiger partial charge in [0.15, 0.2) is 11.5 Å². The summed E-state index contributed by atoms with van der Waals surface area (Å²) in [6, 6.07) is 9.48. The maximum atomic E-state index is 13.8. The zero-order chi connectivity index (χ0) is 26.8. The molecule has 3 rings (SSSR count). The standard InChI is InChI=1S/C23H16ClF4N3O4S/c1-11-20(22(32)31-13-4-5-15(25)19(8-13)36(30)33)18(9-14(21(11)24)23(26,27)28)35-16-6-3-12(10-29)7-17(16)34-2/h3-9H,30H2,1-2H3,(H,31,32)/t36-/m0/s1. The molecule has 0 aliphatic heterocycles. The number of carbonyl (C=O) groups is 1. The lowest BCUT2D eigenvalue weighted by Gasteiger charge is -2.20. The van der Waals surface area contributed by atoms with E-state index in [9.17, 15) is 26.6 Å². The van der Waals surface area contributed by atoms with E-state index in [1.165, 1.54) is 32.2 Å². The third-order valence-corrected chi connectivity index (χ3v) is 6.15. The molecule has 1 amide bonds. The number of nitrogens with one attached hydrogen (secondary N) is 1. The minimum Gasteiger partial charge on any atom is -0.493 e. The van der Waals surface area contributed by atoms with E-state index in [0.717, 1.165) is 18.2 Å². The van der Waals surface area contributed by atoms with Crippen LogP contribution in [-0.4, -0.2) is 17.2 Å². The lowest BCUT2D eigenvalue weighted by atomic mass is 10.0. The van der Waals surface area contributed by atoms with E-state index in [1.54, 1.807) is 0 Å². The number of halogens is 5. The van der Waals surface area contributed by atoms with Gasteiger partial charge in [0, 0.05) is 11.8 Å². The van der Waals surface area contributed by atoms with Gasteiger partial charge in [-0.3, -0.25) is 4.79 Å². The lowest BCUT2D eigenvalue weighted by Crippen LogP contribution is -2.18. The fraction of sp³-hybridized carbons (Fsp3) is 0.130. The Morgan fingerprint density at radius 1 is 1.14 bits per heavy atom. The minimum atomic E-state index is -4.87. The molecule has 0 aromatic heterocycles. The van der Waals surface area contributed by atoms with Gasteiger partial charge >= 0.3 is 6.18 Å². The van der Waals surface area contributed by atoms with Crippen LogP contribution in [0.2, 0.25) is 5.02 Å². The normalized spacial score (nSPS) is 12.0. The van der Waals surface area contributed by atoms with Gasteiger partial charge in [-0.15, -0.1) is 0 Å². The molecular weight excluding hydrogens is 526 g/mol. The molecule has 3 N–H and O–H groups in total. The molecule has 0 fully saturated rings. The first-order valence-corrected chi connectivity index (χ1v) is 11.4. The van der Waals surface area contributed by atoms with Crippen molar-refractivity contribution in [1.82, 2.24) is 0 Å². The van der Waals surface area contributed by atoms with Gasteiger partial charge in [-0.1, -0.05) is 11.6 Å². The number of carbonyl (C=O) groups excluding carboxylic acids is 1. The summed E-state index contributed by atoms with van der Waals surface area (Å²) in [6.07, 6.45) is -4.87. The molecule has 3 aromatic carbocycles. The van der Waals surface area contributed by atoms with E-state index < -0.39 is 50.1 Å². The third kappa shape index (κ3) is 5.59. The van der Waals surface area contributed by atoms with Crippen LogP contribution in [0.15, 0.2) is 47.4 Å². The first kappa shape index (κ1) is 26.9. The molecule has 0 aliphatic carbocycles. The predicted octanol–water partition coefficient (Wildman–Crippen LogP) is 5.71. The quantitative estimate of drug-likeness (QED) is 0.388. The molecule has 1 atom stereocenters. The van der Waals surface area contributed by atoms with E-state index in [0.29, 0.717) is 6.07 Å². The number of ether oxygens (including phenoxy) is 2. The Labute approximate surface area is 210 Å². The number of alkyl halides is 3. The van der Waals surface area contributed by atoms with E-state index >= 15 is 0 Å². The van der Waals surface area contributed by atoms with Crippen molar-refractivity contribution < 1.29 is 36.0 Å². The fourth-order valence-electron chi connectivity index (χ4n) is 3.20. The number of nitrogens with two attached hydrogens (primary N) is 1. The average Bonchev–Trinajstić information content (AvgIpc) is 2.81. The second kappa shape index (κ2) is 10.5. The summed E-state index contributed by atoms with van der Waals surface area (Å²) in [6.45, 7) is 1.19. The summed E-state index contributed by atoms with van der Waals surface area (Å²) in [5.41, 5.74) is -1.70. The van der Waals surface area contributed by atoms with Crippen molar-refractivity contribution in [2.75, 3.05) is 12.4 Å². The highest BCUT2D eigenvalue weighted by molar-refractivity contribution is 7.82. The summed E-state index contributed by atoms with van der Waals surface area (Å²) in [4.78, 5) is 12.8. The van der Waals surface area contributed by atoms with Crippen LogP contribution in [0.25, 0.3) is 0 Å². The van der Waals surface area contributed by atoms with Crippen molar-refractivity contribution in [2.45, 2.75) is 18.0 Å². The smallest absolute Gasteiger partial charge is 0.417 e. The van der Waals surface area contributed by atoms with Gasteiger partial charge in [0.25, 0.3) is 5.91 Å². The monoisotopic (exact) mass is 541 g/mol. The van der Waals surface area contributed by atoms with Crippen LogP contribution in [-0.2, 0) is 17.2 Å². The van der Waals surface area contributed by atoms with Crippen LogP contribution in [0.4, 0.5) is 23.2 Å². The number of nitrogens with zero attached hydrogens (tertiary/aromatic N) is 1. The summed E-state index contributed by atoms with van der Waals surface area (Å²) >= 11 is 5.97. The van der Waals surface area contributed by atoms with Crippen LogP contribution in [0.3, 0.4) is 0 Å². The lowest BCUT2D eigenvalue weighted by molar-refractivity contribution is -0.137. The van der Waals surface area contributed by atoms with Crippen LogP contribution < -0.4 is 19.9 Å². The zero-order valence-electron chi connectivity index (χ0n) is 18.5. The summed E-state index contributed by atoms with van der Waals surface area (Å²) < 4.78 is 77.1. The van der Waals surface area contributed by atoms with Crippen molar-refractivity contribution in [3.63, 3.8) is 0 Å². The average molecular weight is 542 g/mol. The number of nitriles is 1. The Morgan fingerprint density at radius 3 is 2.42 bits per heavy atom. The van der Waals surface area contributed by atoms with E-state index in [2.05, 4.69) is 5.32 Å². The van der Waals surface area contributed by atoms with E-state index in [-0.39, 0.29) is 33.9 Å². The van der Waals surface area contributed by atoms with Crippen molar-refractivity contribution in [3.8, 4) is 23.3 Å². The van der Waals surface area contributed by atoms with Crippen molar-refractivity contribution >= 4 is 34.2 Å². The highest BCUT2D eigenvalue weighted by Gasteiger charge is 2.37. The number of hydrogen-bond acceptors (Lipinski definition) is 5. The molecule has 0 radical (unpaired) electrons. The number of rotatable bonds is 6. The molecule has 0 heterocycles. The van der Waals surface area contributed by atoms with Crippen molar-refractivity contribution in [2.24, 2.45) is 5.14 Å². The molecule has 0 unspecified atom stereocenters. The van der Waals surface area contributed by atoms with Crippen LogP contribution >= 0.6 is 11.6 Å². The highest BCUT2D eigenvalue weighted by atomic mass is 35.5. The molecule has 0 bridgehead atoms. The molecule has 36 heavy (non-hydrogen) atoms. The van der Waals surface area contributed by atoms with Gasteiger partial charge in [-0.05, 0) is 48.9 Å². The molecule has 0 saturated heterocycles. The van der Waals surface area contributed by atoms with Gasteiger partial charge in [-0.2, -0.15) is 18.4 Å². The molecule has 13 heteroatoms. The Hall–Kier alpha value is -3.66. The van der Waals surface area contributed by atoms with Gasteiger partial charge < -0.3 is 14.8 Å². The molecule has 3 aromatic rings. The maximum absolute atomic E-state index is 13.8. The van der Waals surface area contributed by atoms with Crippen molar-refractivity contribution in [1.29, 1.82) is 5.26 Å².